The van der Waals surface area contributed by atoms with Crippen LogP contribution in [0.1, 0.15) is 0 Å². The predicted molar refractivity (Wildman–Crippen MR) is 75.6 cm³/mol. The van der Waals surface area contributed by atoms with E-state index >= 15 is 0 Å². The van der Waals surface area contributed by atoms with Crippen LogP contribution in [0.3, 0.4) is 0 Å². The van der Waals surface area contributed by atoms with Crippen LogP contribution in [0.2, 0.25) is 0 Å². The van der Waals surface area contributed by atoms with Gasteiger partial charge in [-0.15, -0.1) is 13.2 Å². The van der Waals surface area contributed by atoms with Crippen molar-refractivity contribution in [3.05, 3.63) is 25.3 Å². The molecule has 0 aromatic heterocycles. The molecule has 21 heavy (non-hydrogen) atoms. The van der Waals surface area contributed by atoms with Crippen molar-refractivity contribution >= 4 is 22.0 Å². The first-order valence-electron chi connectivity index (χ1n) is 6.19. The van der Waals surface area contributed by atoms with Crippen molar-refractivity contribution in [2.45, 2.75) is 12.2 Å². The van der Waals surface area contributed by atoms with Crippen LogP contribution in [-0.4, -0.2) is 57.4 Å². The molecule has 0 aliphatic carbocycles. The SMILES string of the molecule is C=CCNC(=O)O[C@@H]1CS(=O)(=O)C[C@H]1OC(=O)NCC=C. The third kappa shape index (κ3) is 5.86. The second-order valence-corrected chi connectivity index (χ2v) is 6.46. The fraction of sp³-hybridized carbons (Fsp3) is 0.500. The van der Waals surface area contributed by atoms with E-state index in [9.17, 15) is 18.0 Å². The fourth-order valence-corrected chi connectivity index (χ4v) is 3.37. The van der Waals surface area contributed by atoms with E-state index in [0.29, 0.717) is 0 Å². The minimum absolute atomic E-state index is 0.184. The number of hydrogen-bond acceptors (Lipinski definition) is 6. The van der Waals surface area contributed by atoms with Gasteiger partial charge >= 0.3 is 12.2 Å². The summed E-state index contributed by atoms with van der Waals surface area (Å²) in [5, 5.41) is 4.70. The van der Waals surface area contributed by atoms with Crippen molar-refractivity contribution in [3.8, 4) is 0 Å². The normalized spacial score (nSPS) is 22.9. The average Bonchev–Trinajstić information content (AvgIpc) is 2.68. The first kappa shape index (κ1) is 17.0. The Hall–Kier alpha value is -2.03. The van der Waals surface area contributed by atoms with Gasteiger partial charge in [-0.25, -0.2) is 18.0 Å². The molecule has 8 nitrogen and oxygen atoms in total. The smallest absolute Gasteiger partial charge is 0.407 e. The molecule has 1 aliphatic rings. The van der Waals surface area contributed by atoms with Crippen molar-refractivity contribution in [1.82, 2.24) is 10.6 Å². The summed E-state index contributed by atoms with van der Waals surface area (Å²) in [5.74, 6) is -0.762. The van der Waals surface area contributed by atoms with Crippen LogP contribution in [0.25, 0.3) is 0 Å². The van der Waals surface area contributed by atoms with Crippen molar-refractivity contribution in [2.75, 3.05) is 24.6 Å². The number of carbonyl (C=O) groups is 2. The van der Waals surface area contributed by atoms with E-state index in [0.717, 1.165) is 0 Å². The molecule has 0 aromatic carbocycles. The molecule has 0 saturated carbocycles. The maximum atomic E-state index is 11.6. The maximum Gasteiger partial charge on any atom is 0.407 e. The van der Waals surface area contributed by atoms with Gasteiger partial charge in [0.1, 0.15) is 0 Å². The molecule has 1 heterocycles. The zero-order valence-corrected chi connectivity index (χ0v) is 12.2. The Bertz CT molecular complexity index is 476. The Labute approximate surface area is 123 Å². The molecule has 0 radical (unpaired) electrons. The topological polar surface area (TPSA) is 111 Å². The van der Waals surface area contributed by atoms with Gasteiger partial charge in [-0.05, 0) is 0 Å². The number of ether oxygens (including phenoxy) is 2. The first-order chi connectivity index (χ1) is 9.88. The fourth-order valence-electron chi connectivity index (χ4n) is 1.67. The van der Waals surface area contributed by atoms with Gasteiger partial charge in [0.15, 0.2) is 22.0 Å². The van der Waals surface area contributed by atoms with Crippen LogP contribution in [0.15, 0.2) is 25.3 Å². The number of alkyl carbamates (subject to hydrolysis) is 2. The summed E-state index contributed by atoms with van der Waals surface area (Å²) in [4.78, 5) is 22.9. The number of carbonyl (C=O) groups excluding carboxylic acids is 2. The minimum atomic E-state index is -3.43. The highest BCUT2D eigenvalue weighted by Crippen LogP contribution is 2.19. The average molecular weight is 318 g/mol. The van der Waals surface area contributed by atoms with Crippen molar-refractivity contribution in [2.24, 2.45) is 0 Å². The highest BCUT2D eigenvalue weighted by molar-refractivity contribution is 7.91. The summed E-state index contributed by atoms with van der Waals surface area (Å²) in [6, 6.07) is 0. The van der Waals surface area contributed by atoms with Crippen LogP contribution in [0.5, 0.6) is 0 Å². The van der Waals surface area contributed by atoms with Crippen LogP contribution >= 0.6 is 0 Å². The summed E-state index contributed by atoms with van der Waals surface area (Å²) in [6.45, 7) is 7.21. The quantitative estimate of drug-likeness (QED) is 0.666. The third-order valence-electron chi connectivity index (χ3n) is 2.55. The summed E-state index contributed by atoms with van der Waals surface area (Å²) in [5.41, 5.74) is 0. The zero-order valence-electron chi connectivity index (χ0n) is 11.4. The van der Waals surface area contributed by atoms with Gasteiger partial charge in [0.05, 0.1) is 11.5 Å². The van der Waals surface area contributed by atoms with E-state index in [4.69, 9.17) is 9.47 Å². The largest absolute Gasteiger partial charge is 0.441 e. The first-order valence-corrected chi connectivity index (χ1v) is 8.01. The van der Waals surface area contributed by atoms with E-state index < -0.39 is 34.2 Å². The monoisotopic (exact) mass is 318 g/mol. The van der Waals surface area contributed by atoms with Gasteiger partial charge in [-0.1, -0.05) is 12.2 Å². The summed E-state index contributed by atoms with van der Waals surface area (Å²) >= 11 is 0. The molecule has 0 aromatic rings. The molecule has 0 spiro atoms. The lowest BCUT2D eigenvalue weighted by Crippen LogP contribution is -2.39. The van der Waals surface area contributed by atoms with Gasteiger partial charge in [0.2, 0.25) is 0 Å². The Morgan fingerprint density at radius 3 is 1.71 bits per heavy atom. The van der Waals surface area contributed by atoms with Gasteiger partial charge < -0.3 is 20.1 Å². The number of sulfone groups is 1. The molecule has 1 saturated heterocycles. The number of nitrogens with one attached hydrogen (secondary N) is 2. The molecule has 9 heteroatoms. The molecule has 1 rings (SSSR count). The molecular weight excluding hydrogens is 300 g/mol. The van der Waals surface area contributed by atoms with Crippen LogP contribution < -0.4 is 10.6 Å². The number of rotatable bonds is 6. The van der Waals surface area contributed by atoms with Crippen LogP contribution in [-0.2, 0) is 19.3 Å². The highest BCUT2D eigenvalue weighted by Gasteiger charge is 2.42. The Balaban J connectivity index is 2.61. The third-order valence-corrected chi connectivity index (χ3v) is 4.22. The van der Waals surface area contributed by atoms with Gasteiger partial charge in [-0.3, -0.25) is 0 Å². The molecule has 2 atom stereocenters. The maximum absolute atomic E-state index is 11.6. The molecule has 0 unspecified atom stereocenters. The highest BCUT2D eigenvalue weighted by atomic mass is 32.2. The summed E-state index contributed by atoms with van der Waals surface area (Å²) in [7, 11) is -3.43. The van der Waals surface area contributed by atoms with E-state index in [1.165, 1.54) is 12.2 Å². The number of amides is 2. The van der Waals surface area contributed by atoms with Crippen molar-refractivity contribution in [3.63, 3.8) is 0 Å². The molecule has 2 amide bonds. The molecule has 0 bridgehead atoms. The lowest BCUT2D eigenvalue weighted by molar-refractivity contribution is 0.0182. The van der Waals surface area contributed by atoms with Gasteiger partial charge in [0, 0.05) is 13.1 Å². The molecule has 118 valence electrons. The van der Waals surface area contributed by atoms with E-state index in [2.05, 4.69) is 23.8 Å². The van der Waals surface area contributed by atoms with Gasteiger partial charge in [0.25, 0.3) is 0 Å². The van der Waals surface area contributed by atoms with E-state index in [1.807, 2.05) is 0 Å². The molecule has 2 N–H and O–H groups in total. The Morgan fingerprint density at radius 1 is 1.00 bits per heavy atom. The van der Waals surface area contributed by atoms with E-state index in [1.54, 1.807) is 0 Å². The molecule has 1 aliphatic heterocycles. The standard InChI is InChI=1S/C12H18N2O6S/c1-3-5-13-11(15)19-9-7-21(17,18)8-10(9)20-12(16)14-6-4-2/h3-4,9-10H,1-2,5-8H2,(H,13,15)(H,14,16)/t9-,10-/m1/s1. The summed E-state index contributed by atoms with van der Waals surface area (Å²) in [6.07, 6.45) is -0.759. The number of hydrogen-bond donors (Lipinski definition) is 2. The second-order valence-electron chi connectivity index (χ2n) is 4.30. The lowest BCUT2D eigenvalue weighted by atomic mass is 10.2. The van der Waals surface area contributed by atoms with E-state index in [-0.39, 0.29) is 24.6 Å². The second kappa shape index (κ2) is 7.67. The summed E-state index contributed by atoms with van der Waals surface area (Å²) < 4.78 is 33.1. The lowest BCUT2D eigenvalue weighted by Gasteiger charge is -2.19. The predicted octanol–water partition coefficient (Wildman–Crippen LogP) is -0.0236. The Kier molecular flexibility index (Phi) is 6.22. The van der Waals surface area contributed by atoms with Crippen molar-refractivity contribution in [1.29, 1.82) is 0 Å². The minimum Gasteiger partial charge on any atom is -0.441 e. The Morgan fingerprint density at radius 2 is 1.38 bits per heavy atom. The zero-order chi connectivity index (χ0) is 15.9. The van der Waals surface area contributed by atoms with Gasteiger partial charge in [-0.2, -0.15) is 0 Å². The molecule has 1 fully saturated rings. The van der Waals surface area contributed by atoms with Crippen LogP contribution in [0, 0.1) is 0 Å². The molecular formula is C12H18N2O6S. The van der Waals surface area contributed by atoms with Crippen LogP contribution in [0.4, 0.5) is 9.59 Å². The van der Waals surface area contributed by atoms with Crippen molar-refractivity contribution < 1.29 is 27.5 Å².